The number of carbonyl (C=O) groups excluding carboxylic acids is 1. The second-order valence-electron chi connectivity index (χ2n) is 7.32. The van der Waals surface area contributed by atoms with Crippen molar-refractivity contribution >= 4 is 5.97 Å². The van der Waals surface area contributed by atoms with Gasteiger partial charge in [0.2, 0.25) is 0 Å². The zero-order valence-corrected chi connectivity index (χ0v) is 12.5. The maximum atomic E-state index is 12.4. The van der Waals surface area contributed by atoms with Crippen LogP contribution in [0.15, 0.2) is 11.1 Å². The molecule has 0 amide bonds. The predicted molar refractivity (Wildman–Crippen MR) is 75.7 cm³/mol. The van der Waals surface area contributed by atoms with Crippen LogP contribution in [0.1, 0.15) is 65.7 Å². The van der Waals surface area contributed by atoms with Gasteiger partial charge in [-0.2, -0.15) is 0 Å². The molecule has 0 aromatic carbocycles. The van der Waals surface area contributed by atoms with Crippen molar-refractivity contribution in [1.29, 1.82) is 0 Å². The van der Waals surface area contributed by atoms with E-state index in [0.29, 0.717) is 0 Å². The van der Waals surface area contributed by atoms with Crippen LogP contribution in [0.4, 0.5) is 0 Å². The Hall–Kier alpha value is -0.790. The van der Waals surface area contributed by atoms with E-state index >= 15 is 0 Å². The molecule has 0 aromatic heterocycles. The van der Waals surface area contributed by atoms with Gasteiger partial charge in [0, 0.05) is 5.57 Å². The SMILES string of the molecule is CCC(C(=O)OC12CC3CC(CC(C3)C1)C2)=C(C)C. The second kappa shape index (κ2) is 4.64. The van der Waals surface area contributed by atoms with Crippen LogP contribution in [0.3, 0.4) is 0 Å². The Morgan fingerprint density at radius 2 is 1.53 bits per heavy atom. The lowest BCUT2D eigenvalue weighted by atomic mass is 9.54. The van der Waals surface area contributed by atoms with Crippen LogP contribution in [0.25, 0.3) is 0 Å². The summed E-state index contributed by atoms with van der Waals surface area (Å²) >= 11 is 0. The van der Waals surface area contributed by atoms with Gasteiger partial charge in [-0.3, -0.25) is 0 Å². The van der Waals surface area contributed by atoms with E-state index in [2.05, 4.69) is 0 Å². The molecule has 4 fully saturated rings. The van der Waals surface area contributed by atoms with Crippen molar-refractivity contribution in [3.05, 3.63) is 11.1 Å². The lowest BCUT2D eigenvalue weighted by Crippen LogP contribution is -2.52. The molecule has 0 spiro atoms. The molecule has 0 N–H and O–H groups in total. The van der Waals surface area contributed by atoms with Gasteiger partial charge in [0.25, 0.3) is 0 Å². The summed E-state index contributed by atoms with van der Waals surface area (Å²) in [6, 6.07) is 0. The fourth-order valence-corrected chi connectivity index (χ4v) is 5.12. The van der Waals surface area contributed by atoms with Crippen LogP contribution < -0.4 is 0 Å². The average Bonchev–Trinajstić information content (AvgIpc) is 2.25. The fourth-order valence-electron chi connectivity index (χ4n) is 5.12. The third kappa shape index (κ3) is 2.34. The lowest BCUT2D eigenvalue weighted by Gasteiger charge is -2.55. The van der Waals surface area contributed by atoms with Crippen molar-refractivity contribution < 1.29 is 9.53 Å². The van der Waals surface area contributed by atoms with Crippen LogP contribution >= 0.6 is 0 Å². The highest BCUT2D eigenvalue weighted by Crippen LogP contribution is 2.57. The smallest absolute Gasteiger partial charge is 0.334 e. The van der Waals surface area contributed by atoms with E-state index in [0.717, 1.165) is 54.6 Å². The summed E-state index contributed by atoms with van der Waals surface area (Å²) in [4.78, 5) is 12.4. The van der Waals surface area contributed by atoms with Gasteiger partial charge in [-0.15, -0.1) is 0 Å². The Kier molecular flexibility index (Phi) is 3.23. The minimum atomic E-state index is -0.0955. The largest absolute Gasteiger partial charge is 0.456 e. The zero-order valence-electron chi connectivity index (χ0n) is 12.5. The highest BCUT2D eigenvalue weighted by atomic mass is 16.6. The average molecular weight is 262 g/mol. The lowest BCUT2D eigenvalue weighted by molar-refractivity contribution is -0.182. The molecule has 4 bridgehead atoms. The number of rotatable bonds is 3. The Labute approximate surface area is 116 Å². The normalized spacial score (nSPS) is 39.2. The van der Waals surface area contributed by atoms with Crippen molar-refractivity contribution in [2.45, 2.75) is 71.3 Å². The summed E-state index contributed by atoms with van der Waals surface area (Å²) < 4.78 is 6.07. The standard InChI is InChI=1S/C17H26O2/c1-4-15(11(2)3)16(18)19-17-8-12-5-13(9-17)7-14(6-12)10-17/h12-14H,4-10H2,1-3H3. The summed E-state index contributed by atoms with van der Waals surface area (Å²) in [7, 11) is 0. The molecule has 4 aliphatic carbocycles. The minimum absolute atomic E-state index is 0.0375. The van der Waals surface area contributed by atoms with Gasteiger partial charge in [-0.1, -0.05) is 12.5 Å². The molecule has 4 saturated carbocycles. The molecule has 19 heavy (non-hydrogen) atoms. The van der Waals surface area contributed by atoms with Gasteiger partial charge >= 0.3 is 5.97 Å². The number of hydrogen-bond donors (Lipinski definition) is 0. The summed E-state index contributed by atoms with van der Waals surface area (Å²) in [5.74, 6) is 2.45. The van der Waals surface area contributed by atoms with Gasteiger partial charge < -0.3 is 4.74 Å². The van der Waals surface area contributed by atoms with Crippen molar-refractivity contribution in [3.63, 3.8) is 0 Å². The summed E-state index contributed by atoms with van der Waals surface area (Å²) in [5, 5.41) is 0. The highest BCUT2D eigenvalue weighted by Gasteiger charge is 2.53. The van der Waals surface area contributed by atoms with E-state index in [-0.39, 0.29) is 11.6 Å². The first-order valence-corrected chi connectivity index (χ1v) is 7.91. The van der Waals surface area contributed by atoms with Gasteiger partial charge in [0.05, 0.1) is 0 Å². The van der Waals surface area contributed by atoms with Crippen molar-refractivity contribution in [3.8, 4) is 0 Å². The molecule has 2 nitrogen and oxygen atoms in total. The molecule has 4 rings (SSSR count). The first kappa shape index (κ1) is 13.2. The highest BCUT2D eigenvalue weighted by molar-refractivity contribution is 5.89. The molecular weight excluding hydrogens is 236 g/mol. The molecular formula is C17H26O2. The van der Waals surface area contributed by atoms with E-state index in [1.54, 1.807) is 0 Å². The zero-order chi connectivity index (χ0) is 13.6. The fraction of sp³-hybridized carbons (Fsp3) is 0.824. The first-order valence-electron chi connectivity index (χ1n) is 7.91. The van der Waals surface area contributed by atoms with Crippen molar-refractivity contribution in [1.82, 2.24) is 0 Å². The third-order valence-electron chi connectivity index (χ3n) is 5.49. The first-order chi connectivity index (χ1) is 9.01. The Balaban J connectivity index is 1.76. The summed E-state index contributed by atoms with van der Waals surface area (Å²) in [6.45, 7) is 6.07. The van der Waals surface area contributed by atoms with Gasteiger partial charge in [0.15, 0.2) is 0 Å². The Morgan fingerprint density at radius 1 is 1.05 bits per heavy atom. The number of carbonyl (C=O) groups is 1. The van der Waals surface area contributed by atoms with E-state index in [9.17, 15) is 4.79 Å². The predicted octanol–water partition coefficient (Wildman–Crippen LogP) is 4.24. The maximum Gasteiger partial charge on any atom is 0.334 e. The van der Waals surface area contributed by atoms with Gasteiger partial charge in [-0.25, -0.2) is 4.79 Å². The third-order valence-corrected chi connectivity index (χ3v) is 5.49. The Bertz CT molecular complexity index is 380. The number of esters is 1. The summed E-state index contributed by atoms with van der Waals surface area (Å²) in [5.41, 5.74) is 1.90. The second-order valence-corrected chi connectivity index (χ2v) is 7.32. The van der Waals surface area contributed by atoms with Crippen molar-refractivity contribution in [2.24, 2.45) is 17.8 Å². The van der Waals surface area contributed by atoms with E-state index in [4.69, 9.17) is 4.74 Å². The maximum absolute atomic E-state index is 12.4. The van der Waals surface area contributed by atoms with Gasteiger partial charge in [-0.05, 0) is 76.5 Å². The molecule has 0 atom stereocenters. The molecule has 4 aliphatic rings. The minimum Gasteiger partial charge on any atom is -0.456 e. The van der Waals surface area contributed by atoms with Crippen LogP contribution in [-0.2, 0) is 9.53 Å². The molecule has 2 heteroatoms. The van der Waals surface area contributed by atoms with Crippen LogP contribution in [-0.4, -0.2) is 11.6 Å². The topological polar surface area (TPSA) is 26.3 Å². The molecule has 106 valence electrons. The van der Waals surface area contributed by atoms with Crippen molar-refractivity contribution in [2.75, 3.05) is 0 Å². The van der Waals surface area contributed by atoms with E-state index in [1.165, 1.54) is 19.3 Å². The molecule has 0 aromatic rings. The molecule has 0 heterocycles. The van der Waals surface area contributed by atoms with Crippen LogP contribution in [0.5, 0.6) is 0 Å². The van der Waals surface area contributed by atoms with Crippen LogP contribution in [0, 0.1) is 17.8 Å². The van der Waals surface area contributed by atoms with E-state index in [1.807, 2.05) is 20.8 Å². The number of hydrogen-bond acceptors (Lipinski definition) is 2. The van der Waals surface area contributed by atoms with Crippen LogP contribution in [0.2, 0.25) is 0 Å². The van der Waals surface area contributed by atoms with Gasteiger partial charge in [0.1, 0.15) is 5.60 Å². The number of ether oxygens (including phenoxy) is 1. The molecule has 0 radical (unpaired) electrons. The number of allylic oxidation sites excluding steroid dienone is 1. The monoisotopic (exact) mass is 262 g/mol. The Morgan fingerprint density at radius 3 is 1.89 bits per heavy atom. The van der Waals surface area contributed by atoms with E-state index < -0.39 is 0 Å². The quantitative estimate of drug-likeness (QED) is 0.561. The summed E-state index contributed by atoms with van der Waals surface area (Å²) in [6.07, 6.45) is 8.34. The molecule has 0 aliphatic heterocycles. The molecule has 0 saturated heterocycles. The molecule has 0 unspecified atom stereocenters.